The predicted molar refractivity (Wildman–Crippen MR) is 143 cm³/mol. The van der Waals surface area contributed by atoms with Crippen LogP contribution in [0.2, 0.25) is 0 Å². The lowest BCUT2D eigenvalue weighted by atomic mass is 10.1. The number of alkyl halides is 3. The minimum Gasteiger partial charge on any atom is -0.497 e. The topological polar surface area (TPSA) is 97.2 Å². The van der Waals surface area contributed by atoms with Crippen molar-refractivity contribution >= 4 is 34.8 Å². The normalized spacial score (nSPS) is 11.8. The lowest BCUT2D eigenvalue weighted by Crippen LogP contribution is -2.20. The molecule has 0 unspecified atom stereocenters. The molecule has 39 heavy (non-hydrogen) atoms. The van der Waals surface area contributed by atoms with Crippen molar-refractivity contribution in [3.8, 4) is 22.8 Å². The third-order valence-electron chi connectivity index (χ3n) is 5.76. The van der Waals surface area contributed by atoms with E-state index in [1.54, 1.807) is 30.5 Å². The molecule has 0 aliphatic rings. The Morgan fingerprint density at radius 1 is 1.10 bits per heavy atom. The summed E-state index contributed by atoms with van der Waals surface area (Å²) in [4.78, 5) is 15.6. The summed E-state index contributed by atoms with van der Waals surface area (Å²) in [6.45, 7) is 0. The Hall–Kier alpha value is -4.58. The summed E-state index contributed by atoms with van der Waals surface area (Å²) in [7, 11) is 1.53. The number of ether oxygens (including phenoxy) is 1. The Morgan fingerprint density at radius 3 is 2.67 bits per heavy atom. The van der Waals surface area contributed by atoms with E-state index in [9.17, 15) is 18.0 Å². The summed E-state index contributed by atoms with van der Waals surface area (Å²) in [6, 6.07) is 19.4. The largest absolute Gasteiger partial charge is 0.497 e. The van der Waals surface area contributed by atoms with Crippen LogP contribution in [0, 0.1) is 0 Å². The van der Waals surface area contributed by atoms with Crippen molar-refractivity contribution < 1.29 is 22.7 Å². The van der Waals surface area contributed by atoms with E-state index in [1.807, 2.05) is 24.3 Å². The highest BCUT2D eigenvalue weighted by Crippen LogP contribution is 2.33. The summed E-state index contributed by atoms with van der Waals surface area (Å²) in [5.41, 5.74) is 4.24. The smallest absolute Gasteiger partial charge is 0.416 e. The second-order valence-electron chi connectivity index (χ2n) is 8.29. The van der Waals surface area contributed by atoms with Crippen LogP contribution in [0.3, 0.4) is 0 Å². The van der Waals surface area contributed by atoms with Crippen LogP contribution in [0.5, 0.6) is 5.75 Å². The highest BCUT2D eigenvalue weighted by molar-refractivity contribution is 7.99. The monoisotopic (exact) mass is 550 g/mol. The molecule has 198 valence electrons. The second-order valence-corrected chi connectivity index (χ2v) is 9.23. The molecule has 12 heteroatoms. The summed E-state index contributed by atoms with van der Waals surface area (Å²) in [5, 5.41) is 13.6. The van der Waals surface area contributed by atoms with E-state index < -0.39 is 17.6 Å². The van der Waals surface area contributed by atoms with Gasteiger partial charge in [0.1, 0.15) is 5.75 Å². The van der Waals surface area contributed by atoms with E-state index >= 15 is 0 Å². The Balaban J connectivity index is 1.37. The SMILES string of the molecule is COc1ccc(-c2nnc(SCC(=O)N/N=C/c3c[nH]c4ccccc34)n2-c2cccc(C(F)(F)F)c2)cc1. The number of carbonyl (C=O) groups excluding carboxylic acids is 1. The van der Waals surface area contributed by atoms with E-state index in [0.29, 0.717) is 17.1 Å². The Labute approximate surface area is 224 Å². The fourth-order valence-electron chi connectivity index (χ4n) is 3.88. The van der Waals surface area contributed by atoms with Gasteiger partial charge in [0, 0.05) is 28.2 Å². The number of aromatic amines is 1. The van der Waals surface area contributed by atoms with Gasteiger partial charge in [0.2, 0.25) is 0 Å². The molecule has 2 N–H and O–H groups in total. The van der Waals surface area contributed by atoms with Crippen LogP contribution in [-0.4, -0.2) is 44.7 Å². The summed E-state index contributed by atoms with van der Waals surface area (Å²) in [5.74, 6) is 0.423. The number of benzene rings is 3. The molecule has 8 nitrogen and oxygen atoms in total. The van der Waals surface area contributed by atoms with Crippen molar-refractivity contribution in [1.29, 1.82) is 0 Å². The van der Waals surface area contributed by atoms with Crippen molar-refractivity contribution in [2.75, 3.05) is 12.9 Å². The van der Waals surface area contributed by atoms with Gasteiger partial charge >= 0.3 is 6.18 Å². The molecule has 3 aromatic carbocycles. The van der Waals surface area contributed by atoms with Crippen molar-refractivity contribution in [3.63, 3.8) is 0 Å². The zero-order valence-electron chi connectivity index (χ0n) is 20.4. The van der Waals surface area contributed by atoms with Crippen LogP contribution in [0.1, 0.15) is 11.1 Å². The van der Waals surface area contributed by atoms with Crippen LogP contribution in [0.15, 0.2) is 89.3 Å². The molecule has 0 aliphatic heterocycles. The molecule has 0 atom stereocenters. The number of nitrogens with one attached hydrogen (secondary N) is 2. The van der Waals surface area contributed by atoms with E-state index in [0.717, 1.165) is 40.4 Å². The Morgan fingerprint density at radius 2 is 1.90 bits per heavy atom. The number of nitrogens with zero attached hydrogens (tertiary/aromatic N) is 4. The van der Waals surface area contributed by atoms with Crippen molar-refractivity contribution in [3.05, 3.63) is 90.1 Å². The first kappa shape index (κ1) is 26.0. The fourth-order valence-corrected chi connectivity index (χ4v) is 4.63. The van der Waals surface area contributed by atoms with E-state index in [-0.39, 0.29) is 16.6 Å². The van der Waals surface area contributed by atoms with Crippen molar-refractivity contribution in [2.24, 2.45) is 5.10 Å². The quantitative estimate of drug-likeness (QED) is 0.147. The van der Waals surface area contributed by atoms with Gasteiger partial charge in [-0.15, -0.1) is 10.2 Å². The molecule has 0 spiro atoms. The van der Waals surface area contributed by atoms with Gasteiger partial charge in [-0.25, -0.2) is 5.43 Å². The lowest BCUT2D eigenvalue weighted by molar-refractivity contribution is -0.137. The number of amides is 1. The molecule has 0 radical (unpaired) electrons. The van der Waals surface area contributed by atoms with E-state index in [4.69, 9.17) is 4.74 Å². The highest BCUT2D eigenvalue weighted by atomic mass is 32.2. The number of halogens is 3. The number of rotatable bonds is 8. The third-order valence-corrected chi connectivity index (χ3v) is 6.69. The van der Waals surface area contributed by atoms with Crippen LogP contribution >= 0.6 is 11.8 Å². The summed E-state index contributed by atoms with van der Waals surface area (Å²) in [6.07, 6.45) is -1.21. The van der Waals surface area contributed by atoms with Gasteiger partial charge in [-0.05, 0) is 48.5 Å². The van der Waals surface area contributed by atoms with Crippen LogP contribution in [-0.2, 0) is 11.0 Å². The van der Waals surface area contributed by atoms with Gasteiger partial charge in [0.25, 0.3) is 5.91 Å². The maximum absolute atomic E-state index is 13.4. The van der Waals surface area contributed by atoms with E-state index in [1.165, 1.54) is 30.0 Å². The average molecular weight is 551 g/mol. The molecule has 0 saturated carbocycles. The van der Waals surface area contributed by atoms with Crippen LogP contribution < -0.4 is 10.2 Å². The number of hydrogen-bond donors (Lipinski definition) is 2. The average Bonchev–Trinajstić information content (AvgIpc) is 3.56. The number of hydrazone groups is 1. The lowest BCUT2D eigenvalue weighted by Gasteiger charge is -2.13. The van der Waals surface area contributed by atoms with Gasteiger partial charge in [-0.1, -0.05) is 36.0 Å². The molecule has 5 aromatic rings. The zero-order chi connectivity index (χ0) is 27.4. The first-order valence-corrected chi connectivity index (χ1v) is 12.6. The number of H-pyrrole nitrogens is 1. The standard InChI is InChI=1S/C27H21F3N6O2S/c1-38-21-11-9-17(10-12-21)25-34-35-26(36(25)20-6-4-5-19(13-20)27(28,29)30)39-16-24(37)33-32-15-18-14-31-23-8-3-2-7-22(18)23/h2-15,31H,16H2,1H3,(H,33,37)/b32-15+. The number of aromatic nitrogens is 4. The zero-order valence-corrected chi connectivity index (χ0v) is 21.3. The molecule has 0 aliphatic carbocycles. The number of methoxy groups -OCH3 is 1. The van der Waals surface area contributed by atoms with Gasteiger partial charge in [-0.3, -0.25) is 9.36 Å². The van der Waals surface area contributed by atoms with Crippen LogP contribution in [0.4, 0.5) is 13.2 Å². The van der Waals surface area contributed by atoms with Gasteiger partial charge < -0.3 is 9.72 Å². The Bertz CT molecular complexity index is 1640. The second kappa shape index (κ2) is 11.0. The molecule has 2 aromatic heterocycles. The minimum absolute atomic E-state index is 0.0923. The maximum Gasteiger partial charge on any atom is 0.416 e. The van der Waals surface area contributed by atoms with Crippen molar-refractivity contribution in [2.45, 2.75) is 11.3 Å². The first-order chi connectivity index (χ1) is 18.8. The van der Waals surface area contributed by atoms with Gasteiger partial charge in [0.05, 0.1) is 30.3 Å². The van der Waals surface area contributed by atoms with Gasteiger partial charge in [-0.2, -0.15) is 18.3 Å². The number of thioether (sulfide) groups is 1. The van der Waals surface area contributed by atoms with Crippen molar-refractivity contribution in [1.82, 2.24) is 25.2 Å². The molecule has 2 heterocycles. The molecule has 0 fully saturated rings. The van der Waals surface area contributed by atoms with Crippen LogP contribution in [0.25, 0.3) is 28.0 Å². The van der Waals surface area contributed by atoms with Gasteiger partial charge in [0.15, 0.2) is 11.0 Å². The Kier molecular flexibility index (Phi) is 7.37. The predicted octanol–water partition coefficient (Wildman–Crippen LogP) is 5.69. The summed E-state index contributed by atoms with van der Waals surface area (Å²) >= 11 is 1.03. The summed E-state index contributed by atoms with van der Waals surface area (Å²) < 4.78 is 47.0. The number of para-hydroxylation sites is 1. The molecule has 1 amide bonds. The molecule has 5 rings (SSSR count). The first-order valence-electron chi connectivity index (χ1n) is 11.6. The highest BCUT2D eigenvalue weighted by Gasteiger charge is 2.31. The minimum atomic E-state index is -4.53. The van der Waals surface area contributed by atoms with E-state index in [2.05, 4.69) is 25.7 Å². The molecular weight excluding hydrogens is 529 g/mol. The number of carbonyl (C=O) groups is 1. The third kappa shape index (κ3) is 5.80. The molecular formula is C27H21F3N6O2S. The fraction of sp³-hybridized carbons (Fsp3) is 0.111. The molecule has 0 bridgehead atoms. The number of hydrogen-bond acceptors (Lipinski definition) is 6. The number of fused-ring (bicyclic) bond motifs is 1. The molecule has 0 saturated heterocycles. The maximum atomic E-state index is 13.4.